The molecule has 0 radical (unpaired) electrons. The molecule has 0 N–H and O–H groups in total. The monoisotopic (exact) mass is 230 g/mol. The van der Waals surface area contributed by atoms with Crippen LogP contribution >= 0.6 is 23.2 Å². The van der Waals surface area contributed by atoms with E-state index in [9.17, 15) is 4.39 Å². The van der Waals surface area contributed by atoms with Gasteiger partial charge in [0.2, 0.25) is 0 Å². The number of hydrogen-bond donors (Lipinski definition) is 0. The number of rotatable bonds is 0. The van der Waals surface area contributed by atoms with Crippen molar-refractivity contribution in [2.75, 3.05) is 0 Å². The van der Waals surface area contributed by atoms with Crippen LogP contribution in [-0.4, -0.2) is 9.97 Å². The van der Waals surface area contributed by atoms with Crippen molar-refractivity contribution >= 4 is 34.2 Å². The van der Waals surface area contributed by atoms with E-state index in [4.69, 9.17) is 23.2 Å². The molecule has 1 aromatic carbocycles. The van der Waals surface area contributed by atoms with Gasteiger partial charge in [0, 0.05) is 6.07 Å². The number of benzene rings is 1. The van der Waals surface area contributed by atoms with E-state index in [0.717, 1.165) is 0 Å². The number of hydrogen-bond acceptors (Lipinski definition) is 2. The summed E-state index contributed by atoms with van der Waals surface area (Å²) in [5, 5.41) is 0.220. The smallest absolute Gasteiger partial charge is 0.167 e. The average molecular weight is 231 g/mol. The van der Waals surface area contributed by atoms with Crippen LogP contribution in [-0.2, 0) is 0 Å². The van der Waals surface area contributed by atoms with Crippen LogP contribution in [0.15, 0.2) is 12.1 Å². The Hall–Kier alpha value is -0.930. The molecule has 2 nitrogen and oxygen atoms in total. The summed E-state index contributed by atoms with van der Waals surface area (Å²) >= 11 is 11.4. The Morgan fingerprint density at radius 2 is 1.79 bits per heavy atom. The fourth-order valence-corrected chi connectivity index (χ4v) is 1.50. The molecular formula is C9H5Cl2FN2. The minimum absolute atomic E-state index is 0.0872. The van der Waals surface area contributed by atoms with Gasteiger partial charge < -0.3 is 0 Å². The molecule has 0 amide bonds. The summed E-state index contributed by atoms with van der Waals surface area (Å²) in [5.41, 5.74) is 1.67. The fraction of sp³-hybridized carbons (Fsp3) is 0.111. The highest BCUT2D eigenvalue weighted by Gasteiger charge is 2.07. The summed E-state index contributed by atoms with van der Waals surface area (Å²) in [7, 11) is 0. The first kappa shape index (κ1) is 9.62. The highest BCUT2D eigenvalue weighted by Crippen LogP contribution is 2.23. The second-order valence-corrected chi connectivity index (χ2v) is 3.61. The van der Waals surface area contributed by atoms with Crippen molar-refractivity contribution < 1.29 is 4.39 Å². The first-order valence-corrected chi connectivity index (χ1v) is 4.62. The van der Waals surface area contributed by atoms with Crippen molar-refractivity contribution in [3.8, 4) is 0 Å². The van der Waals surface area contributed by atoms with Gasteiger partial charge in [-0.15, -0.1) is 0 Å². The van der Waals surface area contributed by atoms with Crippen LogP contribution < -0.4 is 0 Å². The third-order valence-electron chi connectivity index (χ3n) is 1.84. The Labute approximate surface area is 89.7 Å². The lowest BCUT2D eigenvalue weighted by molar-refractivity contribution is 0.628. The SMILES string of the molecule is Cc1cc(F)cc2nc(Cl)c(Cl)nc12. The van der Waals surface area contributed by atoms with Crippen molar-refractivity contribution in [2.24, 2.45) is 0 Å². The van der Waals surface area contributed by atoms with Crippen LogP contribution in [0.5, 0.6) is 0 Å². The molecule has 0 aliphatic carbocycles. The Morgan fingerprint density at radius 1 is 1.14 bits per heavy atom. The lowest BCUT2D eigenvalue weighted by Gasteiger charge is -2.02. The summed E-state index contributed by atoms with van der Waals surface area (Å²) < 4.78 is 13.0. The van der Waals surface area contributed by atoms with Crippen LogP contribution in [0, 0.1) is 12.7 Å². The maximum atomic E-state index is 13.0. The van der Waals surface area contributed by atoms with E-state index in [-0.39, 0.29) is 16.1 Å². The van der Waals surface area contributed by atoms with Gasteiger partial charge in [-0.05, 0) is 18.6 Å². The highest BCUT2D eigenvalue weighted by molar-refractivity contribution is 6.40. The fourth-order valence-electron chi connectivity index (χ4n) is 1.24. The van der Waals surface area contributed by atoms with E-state index in [2.05, 4.69) is 9.97 Å². The van der Waals surface area contributed by atoms with Gasteiger partial charge in [0.15, 0.2) is 10.3 Å². The normalized spacial score (nSPS) is 10.9. The van der Waals surface area contributed by atoms with Crippen LogP contribution in [0.2, 0.25) is 10.3 Å². The van der Waals surface area contributed by atoms with Gasteiger partial charge in [-0.1, -0.05) is 23.2 Å². The first-order valence-electron chi connectivity index (χ1n) is 3.87. The molecular weight excluding hydrogens is 226 g/mol. The van der Waals surface area contributed by atoms with Gasteiger partial charge in [0.1, 0.15) is 5.82 Å². The minimum atomic E-state index is -0.359. The summed E-state index contributed by atoms with van der Waals surface area (Å²) in [6.45, 7) is 1.74. The molecule has 0 saturated heterocycles. The number of halogens is 3. The van der Waals surface area contributed by atoms with Gasteiger partial charge in [0.25, 0.3) is 0 Å². The predicted octanol–water partition coefficient (Wildman–Crippen LogP) is 3.38. The van der Waals surface area contributed by atoms with Gasteiger partial charge >= 0.3 is 0 Å². The predicted molar refractivity (Wildman–Crippen MR) is 54.3 cm³/mol. The molecule has 1 aromatic heterocycles. The van der Waals surface area contributed by atoms with Crippen molar-refractivity contribution in [1.82, 2.24) is 9.97 Å². The van der Waals surface area contributed by atoms with Gasteiger partial charge in [-0.3, -0.25) is 0 Å². The van der Waals surface area contributed by atoms with Gasteiger partial charge in [0.05, 0.1) is 11.0 Å². The molecule has 0 aliphatic heterocycles. The zero-order valence-corrected chi connectivity index (χ0v) is 8.69. The Balaban J connectivity index is 2.89. The summed E-state index contributed by atoms with van der Waals surface area (Å²) in [4.78, 5) is 7.95. The first-order chi connectivity index (χ1) is 6.58. The zero-order valence-electron chi connectivity index (χ0n) is 7.18. The maximum absolute atomic E-state index is 13.0. The molecule has 14 heavy (non-hydrogen) atoms. The Morgan fingerprint density at radius 3 is 2.50 bits per heavy atom. The molecule has 2 aromatic rings. The minimum Gasteiger partial charge on any atom is -0.231 e. The molecule has 1 heterocycles. The second-order valence-electron chi connectivity index (χ2n) is 2.90. The molecule has 0 fully saturated rings. The van der Waals surface area contributed by atoms with E-state index in [1.165, 1.54) is 12.1 Å². The third-order valence-corrected chi connectivity index (χ3v) is 2.47. The topological polar surface area (TPSA) is 25.8 Å². The van der Waals surface area contributed by atoms with Gasteiger partial charge in [-0.25, -0.2) is 14.4 Å². The number of nitrogens with zero attached hydrogens (tertiary/aromatic N) is 2. The molecule has 5 heteroatoms. The average Bonchev–Trinajstić information content (AvgIpc) is 2.08. The zero-order chi connectivity index (χ0) is 10.3. The molecule has 0 unspecified atom stereocenters. The van der Waals surface area contributed by atoms with E-state index < -0.39 is 0 Å². The molecule has 2 rings (SSSR count). The Bertz CT molecular complexity index is 514. The number of aryl methyl sites for hydroxylation is 1. The lowest BCUT2D eigenvalue weighted by Crippen LogP contribution is -1.91. The molecule has 0 bridgehead atoms. The molecule has 72 valence electrons. The third kappa shape index (κ3) is 1.53. The van der Waals surface area contributed by atoms with Crippen LogP contribution in [0.1, 0.15) is 5.56 Å². The van der Waals surface area contributed by atoms with E-state index in [1.54, 1.807) is 6.92 Å². The van der Waals surface area contributed by atoms with E-state index >= 15 is 0 Å². The summed E-state index contributed by atoms with van der Waals surface area (Å²) in [6.07, 6.45) is 0. The van der Waals surface area contributed by atoms with E-state index in [1.807, 2.05) is 0 Å². The van der Waals surface area contributed by atoms with Crippen molar-refractivity contribution in [3.05, 3.63) is 33.8 Å². The second kappa shape index (κ2) is 3.33. The summed E-state index contributed by atoms with van der Waals surface area (Å²) in [6, 6.07) is 2.65. The highest BCUT2D eigenvalue weighted by atomic mass is 35.5. The lowest BCUT2D eigenvalue weighted by atomic mass is 10.2. The quantitative estimate of drug-likeness (QED) is 0.694. The molecule has 0 atom stereocenters. The van der Waals surface area contributed by atoms with Crippen molar-refractivity contribution in [1.29, 1.82) is 0 Å². The van der Waals surface area contributed by atoms with Gasteiger partial charge in [-0.2, -0.15) is 0 Å². The molecule has 0 saturated carbocycles. The van der Waals surface area contributed by atoms with Crippen LogP contribution in [0.3, 0.4) is 0 Å². The van der Waals surface area contributed by atoms with Crippen LogP contribution in [0.25, 0.3) is 11.0 Å². The van der Waals surface area contributed by atoms with Crippen molar-refractivity contribution in [2.45, 2.75) is 6.92 Å². The molecule has 0 aliphatic rings. The molecule has 0 spiro atoms. The summed E-state index contributed by atoms with van der Waals surface area (Å²) in [5.74, 6) is -0.359. The largest absolute Gasteiger partial charge is 0.231 e. The number of fused-ring (bicyclic) bond motifs is 1. The maximum Gasteiger partial charge on any atom is 0.167 e. The van der Waals surface area contributed by atoms with Crippen molar-refractivity contribution in [3.63, 3.8) is 0 Å². The standard InChI is InChI=1S/C9H5Cl2FN2/c1-4-2-5(12)3-6-7(4)14-9(11)8(10)13-6/h2-3H,1H3. The Kier molecular flexibility index (Phi) is 2.29. The van der Waals surface area contributed by atoms with E-state index in [0.29, 0.717) is 16.6 Å². The number of aromatic nitrogens is 2. The van der Waals surface area contributed by atoms with Crippen LogP contribution in [0.4, 0.5) is 4.39 Å².